The van der Waals surface area contributed by atoms with Crippen LogP contribution in [0.1, 0.15) is 5.56 Å². The fraction of sp³-hybridized carbons (Fsp3) is 0.562. The maximum atomic E-state index is 12.6. The number of benzene rings is 1. The quantitative estimate of drug-likeness (QED) is 0.734. The monoisotopic (exact) mass is 379 g/mol. The summed E-state index contributed by atoms with van der Waals surface area (Å²) in [5.41, 5.74) is 0.360. The van der Waals surface area contributed by atoms with Gasteiger partial charge in [0.05, 0.1) is 18.6 Å². The summed E-state index contributed by atoms with van der Waals surface area (Å²) in [7, 11) is 0. The van der Waals surface area contributed by atoms with Gasteiger partial charge in [0.1, 0.15) is 11.5 Å². The first-order chi connectivity index (χ1) is 12.3. The van der Waals surface area contributed by atoms with Crippen LogP contribution in [-0.2, 0) is 16.1 Å². The lowest BCUT2D eigenvalue weighted by atomic mass is 9.93. The van der Waals surface area contributed by atoms with E-state index in [-0.39, 0.29) is 36.7 Å². The van der Waals surface area contributed by atoms with Crippen molar-refractivity contribution in [2.75, 3.05) is 19.7 Å². The number of carbonyl (C=O) groups is 1. The highest BCUT2D eigenvalue weighted by molar-refractivity contribution is 5.71. The molecule has 0 saturated carbocycles. The van der Waals surface area contributed by atoms with E-state index in [1.165, 1.54) is 12.1 Å². The summed E-state index contributed by atoms with van der Waals surface area (Å²) in [5, 5.41) is 9.21. The molecule has 1 N–H and O–H groups in total. The van der Waals surface area contributed by atoms with E-state index in [0.29, 0.717) is 18.7 Å². The predicted molar refractivity (Wildman–Crippen MR) is 79.3 cm³/mol. The molecule has 2 heterocycles. The topological polar surface area (TPSA) is 68.2 Å². The van der Waals surface area contributed by atoms with Crippen molar-refractivity contribution in [2.45, 2.75) is 25.9 Å². The molecule has 2 aliphatic rings. The molecule has 3 atom stereocenters. The SMILES string of the molecule is O=C(O)[C@@H]1CO[C@@H]2CN(Cc3ccc(OC(F)F)cc3OC(F)F)C[C@@H]21. The summed E-state index contributed by atoms with van der Waals surface area (Å²) >= 11 is 0. The minimum Gasteiger partial charge on any atom is -0.481 e. The molecule has 0 radical (unpaired) electrons. The van der Waals surface area contributed by atoms with Crippen molar-refractivity contribution in [3.63, 3.8) is 0 Å². The molecule has 6 nitrogen and oxygen atoms in total. The number of carboxylic acids is 1. The molecule has 0 amide bonds. The second kappa shape index (κ2) is 7.67. The predicted octanol–water partition coefficient (Wildman–Crippen LogP) is 2.42. The lowest BCUT2D eigenvalue weighted by Gasteiger charge is -2.20. The Labute approximate surface area is 146 Å². The van der Waals surface area contributed by atoms with E-state index in [1.807, 2.05) is 4.90 Å². The van der Waals surface area contributed by atoms with Gasteiger partial charge in [0.25, 0.3) is 0 Å². The van der Waals surface area contributed by atoms with Gasteiger partial charge in [-0.2, -0.15) is 17.6 Å². The smallest absolute Gasteiger partial charge is 0.387 e. The maximum Gasteiger partial charge on any atom is 0.387 e. The van der Waals surface area contributed by atoms with E-state index >= 15 is 0 Å². The van der Waals surface area contributed by atoms with Crippen molar-refractivity contribution in [1.29, 1.82) is 0 Å². The average molecular weight is 379 g/mol. The zero-order valence-corrected chi connectivity index (χ0v) is 13.5. The summed E-state index contributed by atoms with van der Waals surface area (Å²) < 4.78 is 64.0. The number of carboxylic acid groups (broad SMARTS) is 1. The number of halogens is 4. The fourth-order valence-corrected chi connectivity index (χ4v) is 3.47. The van der Waals surface area contributed by atoms with Crippen molar-refractivity contribution in [3.8, 4) is 11.5 Å². The molecule has 2 saturated heterocycles. The zero-order valence-electron chi connectivity index (χ0n) is 13.5. The Morgan fingerprint density at radius 3 is 2.62 bits per heavy atom. The fourth-order valence-electron chi connectivity index (χ4n) is 3.47. The first-order valence-corrected chi connectivity index (χ1v) is 7.92. The van der Waals surface area contributed by atoms with Crippen LogP contribution in [0.25, 0.3) is 0 Å². The Morgan fingerprint density at radius 1 is 1.23 bits per heavy atom. The highest BCUT2D eigenvalue weighted by Crippen LogP contribution is 2.36. The maximum absolute atomic E-state index is 12.6. The van der Waals surface area contributed by atoms with E-state index in [1.54, 1.807) is 0 Å². The summed E-state index contributed by atoms with van der Waals surface area (Å²) in [6, 6.07) is 3.60. The molecule has 0 bridgehead atoms. The molecular weight excluding hydrogens is 362 g/mol. The number of nitrogens with zero attached hydrogens (tertiary/aromatic N) is 1. The second-order valence-corrected chi connectivity index (χ2v) is 6.20. The van der Waals surface area contributed by atoms with Crippen molar-refractivity contribution in [1.82, 2.24) is 4.90 Å². The number of rotatable bonds is 7. The van der Waals surface area contributed by atoms with Gasteiger partial charge >= 0.3 is 19.2 Å². The third-order valence-corrected chi connectivity index (χ3v) is 4.58. The molecule has 3 rings (SSSR count). The van der Waals surface area contributed by atoms with Crippen LogP contribution >= 0.6 is 0 Å². The molecule has 0 spiro atoms. The van der Waals surface area contributed by atoms with Gasteiger partial charge < -0.3 is 19.3 Å². The van der Waals surface area contributed by atoms with Gasteiger partial charge in [-0.1, -0.05) is 6.07 Å². The highest BCUT2D eigenvalue weighted by atomic mass is 19.3. The normalized spacial score (nSPS) is 25.7. The molecule has 10 heteroatoms. The Hall–Kier alpha value is -2.07. The summed E-state index contributed by atoms with van der Waals surface area (Å²) in [6.45, 7) is -4.95. The van der Waals surface area contributed by atoms with Gasteiger partial charge in [-0.3, -0.25) is 9.69 Å². The van der Waals surface area contributed by atoms with Crippen molar-refractivity contribution in [2.24, 2.45) is 11.8 Å². The minimum absolute atomic E-state index is 0.165. The largest absolute Gasteiger partial charge is 0.481 e. The van der Waals surface area contributed by atoms with E-state index in [4.69, 9.17) is 4.74 Å². The number of aliphatic carboxylic acids is 1. The van der Waals surface area contributed by atoms with Crippen LogP contribution in [0, 0.1) is 11.8 Å². The Balaban J connectivity index is 1.72. The number of alkyl halides is 4. The van der Waals surface area contributed by atoms with Gasteiger partial charge in [-0.05, 0) is 6.07 Å². The lowest BCUT2D eigenvalue weighted by Crippen LogP contribution is -2.27. The first kappa shape index (κ1) is 18.7. The molecule has 1 aromatic rings. The number of hydrogen-bond acceptors (Lipinski definition) is 5. The molecule has 144 valence electrons. The minimum atomic E-state index is -3.12. The van der Waals surface area contributed by atoms with E-state index < -0.39 is 25.1 Å². The van der Waals surface area contributed by atoms with Gasteiger partial charge in [-0.15, -0.1) is 0 Å². The first-order valence-electron chi connectivity index (χ1n) is 7.92. The molecule has 26 heavy (non-hydrogen) atoms. The Morgan fingerprint density at radius 2 is 1.96 bits per heavy atom. The van der Waals surface area contributed by atoms with Crippen LogP contribution in [0.15, 0.2) is 18.2 Å². The van der Waals surface area contributed by atoms with Gasteiger partial charge in [-0.25, -0.2) is 0 Å². The van der Waals surface area contributed by atoms with Crippen LogP contribution in [0.2, 0.25) is 0 Å². The van der Waals surface area contributed by atoms with E-state index in [9.17, 15) is 27.5 Å². The van der Waals surface area contributed by atoms with E-state index in [0.717, 1.165) is 6.07 Å². The van der Waals surface area contributed by atoms with Crippen LogP contribution in [0.5, 0.6) is 11.5 Å². The van der Waals surface area contributed by atoms with Crippen LogP contribution < -0.4 is 9.47 Å². The molecule has 0 unspecified atom stereocenters. The number of fused-ring (bicyclic) bond motifs is 1. The number of hydrogen-bond donors (Lipinski definition) is 1. The third-order valence-electron chi connectivity index (χ3n) is 4.58. The molecule has 1 aromatic carbocycles. The molecule has 0 aliphatic carbocycles. The average Bonchev–Trinajstić information content (AvgIpc) is 3.08. The Kier molecular flexibility index (Phi) is 5.52. The van der Waals surface area contributed by atoms with E-state index in [2.05, 4.69) is 9.47 Å². The summed E-state index contributed by atoms with van der Waals surface area (Å²) in [5.74, 6) is -2.23. The highest BCUT2D eigenvalue weighted by Gasteiger charge is 2.46. The summed E-state index contributed by atoms with van der Waals surface area (Å²) in [4.78, 5) is 13.1. The van der Waals surface area contributed by atoms with Crippen LogP contribution in [-0.4, -0.2) is 55.0 Å². The Bertz CT molecular complexity index is 660. The van der Waals surface area contributed by atoms with Gasteiger partial charge in [0.15, 0.2) is 0 Å². The van der Waals surface area contributed by atoms with Gasteiger partial charge in [0, 0.05) is 37.2 Å². The zero-order chi connectivity index (χ0) is 18.8. The molecule has 2 fully saturated rings. The van der Waals surface area contributed by atoms with Crippen molar-refractivity contribution >= 4 is 5.97 Å². The molecule has 0 aromatic heterocycles. The van der Waals surface area contributed by atoms with Crippen LogP contribution in [0.3, 0.4) is 0 Å². The lowest BCUT2D eigenvalue weighted by molar-refractivity contribution is -0.142. The molecular formula is C16H17F4NO5. The van der Waals surface area contributed by atoms with Crippen molar-refractivity contribution < 1.29 is 41.7 Å². The standard InChI is InChI=1S/C16H17F4NO5/c17-15(18)25-9-2-1-8(12(3-9)26-16(19)20)4-21-5-10-11(14(22)23)7-24-13(10)6-21/h1-3,10-11,13,15-16H,4-7H2,(H,22,23)/t10-,11-,13-/m1/s1. The third kappa shape index (κ3) is 4.18. The van der Waals surface area contributed by atoms with Crippen LogP contribution in [0.4, 0.5) is 17.6 Å². The number of likely N-dealkylation sites (tertiary alicyclic amines) is 1. The molecule has 2 aliphatic heterocycles. The second-order valence-electron chi connectivity index (χ2n) is 6.20. The van der Waals surface area contributed by atoms with Gasteiger partial charge in [0.2, 0.25) is 0 Å². The number of ether oxygens (including phenoxy) is 3. The summed E-state index contributed by atoms with van der Waals surface area (Å²) in [6.07, 6.45) is -0.225. The van der Waals surface area contributed by atoms with Crippen molar-refractivity contribution in [3.05, 3.63) is 23.8 Å².